The lowest BCUT2D eigenvalue weighted by Crippen LogP contribution is -2.37. The molecule has 1 saturated carbocycles. The van der Waals surface area contributed by atoms with Gasteiger partial charge in [0.1, 0.15) is 10.6 Å². The topological polar surface area (TPSA) is 73.5 Å². The van der Waals surface area contributed by atoms with Gasteiger partial charge in [0.05, 0.1) is 0 Å². The van der Waals surface area contributed by atoms with Crippen LogP contribution in [0.1, 0.15) is 36.7 Å². The van der Waals surface area contributed by atoms with Crippen molar-refractivity contribution in [2.45, 2.75) is 31.1 Å². The monoisotopic (exact) mass is 371 g/mol. The van der Waals surface area contributed by atoms with Crippen molar-refractivity contribution in [3.63, 3.8) is 0 Å². The summed E-state index contributed by atoms with van der Waals surface area (Å²) in [7, 11) is -3.51. The van der Waals surface area contributed by atoms with Crippen LogP contribution in [0.15, 0.2) is 17.2 Å². The van der Waals surface area contributed by atoms with Crippen LogP contribution in [0.3, 0.4) is 0 Å². The molecule has 1 aliphatic heterocycles. The fourth-order valence-electron chi connectivity index (χ4n) is 2.91. The molecule has 3 rings (SSSR count). The van der Waals surface area contributed by atoms with Gasteiger partial charge in [0.15, 0.2) is 0 Å². The number of hydrogen-bond acceptors (Lipinski definition) is 4. The summed E-state index contributed by atoms with van der Waals surface area (Å²) in [5.74, 6) is 2.16. The van der Waals surface area contributed by atoms with Crippen molar-refractivity contribution >= 4 is 27.7 Å². The Balaban J connectivity index is 1.74. The first-order valence-corrected chi connectivity index (χ1v) is 11.2. The van der Waals surface area contributed by atoms with E-state index < -0.39 is 10.0 Å². The minimum Gasteiger partial charge on any atom is -0.356 e. The molecule has 1 amide bonds. The van der Waals surface area contributed by atoms with Crippen LogP contribution in [0, 0.1) is 5.92 Å². The summed E-state index contributed by atoms with van der Waals surface area (Å²) in [6.45, 7) is 4.60. The van der Waals surface area contributed by atoms with E-state index in [9.17, 15) is 13.2 Å². The Morgan fingerprint density at radius 1 is 1.38 bits per heavy atom. The third-order valence-electron chi connectivity index (χ3n) is 4.45. The molecule has 0 spiro atoms. The molecule has 0 radical (unpaired) electrons. The Morgan fingerprint density at radius 3 is 2.71 bits per heavy atom. The fraction of sp³-hybridized carbons (Fsp3) is 0.688. The maximum absolute atomic E-state index is 12.7. The van der Waals surface area contributed by atoms with E-state index in [1.165, 1.54) is 29.4 Å². The number of H-pyrrole nitrogens is 1. The number of aromatic amines is 1. The zero-order valence-electron chi connectivity index (χ0n) is 14.0. The highest BCUT2D eigenvalue weighted by Crippen LogP contribution is 2.30. The van der Waals surface area contributed by atoms with Gasteiger partial charge in [0.25, 0.3) is 5.91 Å². The Kier molecular flexibility index (Phi) is 5.56. The van der Waals surface area contributed by atoms with Crippen LogP contribution in [0.2, 0.25) is 0 Å². The molecule has 2 fully saturated rings. The number of amides is 1. The largest absolute Gasteiger partial charge is 0.356 e. The van der Waals surface area contributed by atoms with Gasteiger partial charge in [-0.05, 0) is 31.2 Å². The van der Waals surface area contributed by atoms with E-state index in [4.69, 9.17) is 0 Å². The molecule has 2 aliphatic rings. The predicted octanol–water partition coefficient (Wildman–Crippen LogP) is 2.01. The maximum Gasteiger partial charge on any atom is 0.270 e. The summed E-state index contributed by atoms with van der Waals surface area (Å²) in [5.41, 5.74) is 0.369. The standard InChI is InChI=1S/C16H25N3O3S2/c1-2-5-18(12-13-3-4-13)16(20)15-10-14(11-17-15)24(21,22)19-6-8-23-9-7-19/h10-11,13,17H,2-9,12H2,1H3. The van der Waals surface area contributed by atoms with Gasteiger partial charge >= 0.3 is 0 Å². The summed E-state index contributed by atoms with van der Waals surface area (Å²) in [5, 5.41) is 0. The van der Waals surface area contributed by atoms with E-state index in [2.05, 4.69) is 4.98 Å². The van der Waals surface area contributed by atoms with E-state index in [-0.39, 0.29) is 10.8 Å². The molecule has 6 nitrogen and oxygen atoms in total. The minimum atomic E-state index is -3.51. The molecule has 1 saturated heterocycles. The molecule has 0 atom stereocenters. The Labute approximate surface area is 148 Å². The lowest BCUT2D eigenvalue weighted by molar-refractivity contribution is 0.0742. The molecule has 0 bridgehead atoms. The average molecular weight is 372 g/mol. The Bertz CT molecular complexity index is 676. The van der Waals surface area contributed by atoms with Crippen LogP contribution in [0.5, 0.6) is 0 Å². The highest BCUT2D eigenvalue weighted by molar-refractivity contribution is 7.99. The quantitative estimate of drug-likeness (QED) is 0.796. The molecule has 24 heavy (non-hydrogen) atoms. The molecule has 0 unspecified atom stereocenters. The molecular formula is C16H25N3O3S2. The van der Waals surface area contributed by atoms with Gasteiger partial charge in [0, 0.05) is 43.9 Å². The number of carbonyl (C=O) groups is 1. The zero-order chi connectivity index (χ0) is 17.2. The molecule has 134 valence electrons. The third kappa shape index (κ3) is 3.97. The summed E-state index contributed by atoms with van der Waals surface area (Å²) < 4.78 is 26.9. The number of nitrogens with one attached hydrogen (secondary N) is 1. The molecule has 0 aromatic carbocycles. The third-order valence-corrected chi connectivity index (χ3v) is 7.27. The zero-order valence-corrected chi connectivity index (χ0v) is 15.7. The molecule has 1 aliphatic carbocycles. The number of carbonyl (C=O) groups excluding carboxylic acids is 1. The fourth-order valence-corrected chi connectivity index (χ4v) is 5.48. The van der Waals surface area contributed by atoms with Crippen molar-refractivity contribution in [1.29, 1.82) is 0 Å². The number of sulfonamides is 1. The van der Waals surface area contributed by atoms with Crippen LogP contribution in [-0.2, 0) is 10.0 Å². The lowest BCUT2D eigenvalue weighted by Gasteiger charge is -2.25. The predicted molar refractivity (Wildman–Crippen MR) is 95.8 cm³/mol. The van der Waals surface area contributed by atoms with E-state index >= 15 is 0 Å². The Morgan fingerprint density at radius 2 is 2.08 bits per heavy atom. The van der Waals surface area contributed by atoms with Crippen molar-refractivity contribution < 1.29 is 13.2 Å². The first kappa shape index (κ1) is 17.8. The number of nitrogens with zero attached hydrogens (tertiary/aromatic N) is 2. The first-order chi connectivity index (χ1) is 11.5. The summed E-state index contributed by atoms with van der Waals surface area (Å²) in [6.07, 6.45) is 4.72. The highest BCUT2D eigenvalue weighted by atomic mass is 32.2. The molecule has 1 N–H and O–H groups in total. The van der Waals surface area contributed by atoms with Gasteiger partial charge in [-0.2, -0.15) is 16.1 Å². The van der Waals surface area contributed by atoms with Crippen molar-refractivity contribution in [2.24, 2.45) is 5.92 Å². The number of thioether (sulfide) groups is 1. The second kappa shape index (κ2) is 7.49. The lowest BCUT2D eigenvalue weighted by atomic mass is 10.3. The van der Waals surface area contributed by atoms with E-state index in [0.29, 0.717) is 31.2 Å². The Hall–Kier alpha value is -0.990. The van der Waals surface area contributed by atoms with Crippen LogP contribution in [0.25, 0.3) is 0 Å². The average Bonchev–Trinajstić information content (AvgIpc) is 3.26. The van der Waals surface area contributed by atoms with Gasteiger partial charge in [-0.1, -0.05) is 6.92 Å². The minimum absolute atomic E-state index is 0.0978. The van der Waals surface area contributed by atoms with Gasteiger partial charge < -0.3 is 9.88 Å². The number of rotatable bonds is 7. The molecule has 1 aromatic rings. The highest BCUT2D eigenvalue weighted by Gasteiger charge is 2.30. The maximum atomic E-state index is 12.7. The van der Waals surface area contributed by atoms with Crippen molar-refractivity contribution in [3.8, 4) is 0 Å². The smallest absolute Gasteiger partial charge is 0.270 e. The second-order valence-corrected chi connectivity index (χ2v) is 9.62. The first-order valence-electron chi connectivity index (χ1n) is 8.58. The van der Waals surface area contributed by atoms with E-state index in [1.807, 2.05) is 11.8 Å². The molecule has 2 heterocycles. The summed E-state index contributed by atoms with van der Waals surface area (Å²) >= 11 is 1.77. The van der Waals surface area contributed by atoms with Gasteiger partial charge in [0.2, 0.25) is 10.0 Å². The van der Waals surface area contributed by atoms with Crippen LogP contribution < -0.4 is 0 Å². The van der Waals surface area contributed by atoms with Crippen LogP contribution in [0.4, 0.5) is 0 Å². The molecule has 8 heteroatoms. The number of aromatic nitrogens is 1. The van der Waals surface area contributed by atoms with Crippen molar-refractivity contribution in [2.75, 3.05) is 37.7 Å². The summed E-state index contributed by atoms with van der Waals surface area (Å²) in [6, 6.07) is 1.50. The van der Waals surface area contributed by atoms with E-state index in [1.54, 1.807) is 11.8 Å². The van der Waals surface area contributed by atoms with Gasteiger partial charge in [-0.3, -0.25) is 4.79 Å². The van der Waals surface area contributed by atoms with E-state index in [0.717, 1.165) is 24.5 Å². The normalized spacial score (nSPS) is 19.4. The summed E-state index contributed by atoms with van der Waals surface area (Å²) in [4.78, 5) is 17.6. The van der Waals surface area contributed by atoms with Gasteiger partial charge in [-0.15, -0.1) is 0 Å². The van der Waals surface area contributed by atoms with Crippen LogP contribution in [-0.4, -0.2) is 66.2 Å². The van der Waals surface area contributed by atoms with Gasteiger partial charge in [-0.25, -0.2) is 8.42 Å². The van der Waals surface area contributed by atoms with Crippen molar-refractivity contribution in [1.82, 2.24) is 14.2 Å². The second-order valence-electron chi connectivity index (χ2n) is 6.46. The SMILES string of the molecule is CCCN(CC1CC1)C(=O)c1cc(S(=O)(=O)N2CCSCC2)c[nH]1. The molecular weight excluding hydrogens is 346 g/mol. The van der Waals surface area contributed by atoms with Crippen LogP contribution >= 0.6 is 11.8 Å². The molecule has 1 aromatic heterocycles. The number of hydrogen-bond donors (Lipinski definition) is 1. The van der Waals surface area contributed by atoms with Crippen molar-refractivity contribution in [3.05, 3.63) is 18.0 Å².